The topological polar surface area (TPSA) is 107 Å². The summed E-state index contributed by atoms with van der Waals surface area (Å²) in [5.74, 6) is -0.605. The number of rotatable bonds is 6. The zero-order valence-electron chi connectivity index (χ0n) is 20.4. The van der Waals surface area contributed by atoms with Crippen LogP contribution < -0.4 is 10.9 Å². The summed E-state index contributed by atoms with van der Waals surface area (Å²) in [5, 5.41) is 4.42. The van der Waals surface area contributed by atoms with Crippen molar-refractivity contribution < 1.29 is 9.59 Å². The smallest absolute Gasteiger partial charge is 0.309 e. The van der Waals surface area contributed by atoms with E-state index in [0.717, 1.165) is 28.3 Å². The summed E-state index contributed by atoms with van der Waals surface area (Å²) in [6, 6.07) is 26.4. The molecule has 0 saturated carbocycles. The van der Waals surface area contributed by atoms with Crippen LogP contribution in [0.2, 0.25) is 0 Å². The van der Waals surface area contributed by atoms with Crippen molar-refractivity contribution >= 4 is 11.8 Å². The Morgan fingerprint density at radius 1 is 0.838 bits per heavy atom. The number of hydrazine groups is 1. The lowest BCUT2D eigenvalue weighted by atomic mass is 10.2. The van der Waals surface area contributed by atoms with Gasteiger partial charge in [-0.1, -0.05) is 54.6 Å². The molecule has 0 unspecified atom stereocenters. The number of benzene rings is 2. The van der Waals surface area contributed by atoms with Gasteiger partial charge in [-0.2, -0.15) is 0 Å². The molecule has 9 heteroatoms. The van der Waals surface area contributed by atoms with Crippen molar-refractivity contribution in [1.82, 2.24) is 35.2 Å². The van der Waals surface area contributed by atoms with Crippen LogP contribution in [0.15, 0.2) is 91.1 Å². The minimum atomic E-state index is -0.623. The highest BCUT2D eigenvalue weighted by Crippen LogP contribution is 2.21. The molecule has 3 heterocycles. The van der Waals surface area contributed by atoms with Crippen LogP contribution in [0.3, 0.4) is 0 Å². The van der Waals surface area contributed by atoms with Crippen LogP contribution >= 0.6 is 0 Å². The van der Waals surface area contributed by atoms with E-state index in [1.165, 1.54) is 0 Å². The fraction of sp³-hybridized carbons (Fsp3) is 0.107. The van der Waals surface area contributed by atoms with Gasteiger partial charge < -0.3 is 4.57 Å². The molecule has 0 aliphatic carbocycles. The standard InChI is InChI=1S/C28H25N7O2/c1-19-17-24(20(2)34(19)18-22-13-9-10-16-29-22)27(36)31-32-28(37)25-30-26(21-11-5-3-6-12-21)35(33-25)23-14-7-4-8-15-23/h3-17H,18H2,1-2H3,(H,31,36)(H,32,37). The van der Waals surface area contributed by atoms with Crippen LogP contribution in [0.25, 0.3) is 17.1 Å². The molecule has 0 aliphatic rings. The summed E-state index contributed by atoms with van der Waals surface area (Å²) in [6.45, 7) is 4.33. The first-order valence-electron chi connectivity index (χ1n) is 11.8. The van der Waals surface area contributed by atoms with Crippen LogP contribution in [-0.4, -0.2) is 36.1 Å². The molecule has 37 heavy (non-hydrogen) atoms. The minimum Gasteiger partial charge on any atom is -0.342 e. The van der Waals surface area contributed by atoms with Crippen LogP contribution in [0.1, 0.15) is 38.1 Å². The lowest BCUT2D eigenvalue weighted by Gasteiger charge is -2.09. The molecule has 5 aromatic rings. The second-order valence-corrected chi connectivity index (χ2v) is 8.47. The van der Waals surface area contributed by atoms with E-state index in [4.69, 9.17) is 0 Å². The van der Waals surface area contributed by atoms with Crippen molar-refractivity contribution in [2.75, 3.05) is 0 Å². The normalized spacial score (nSPS) is 10.8. The predicted octanol–water partition coefficient (Wildman–Crippen LogP) is 3.87. The van der Waals surface area contributed by atoms with Gasteiger partial charge in [-0.15, -0.1) is 5.10 Å². The summed E-state index contributed by atoms with van der Waals surface area (Å²) >= 11 is 0. The van der Waals surface area contributed by atoms with Gasteiger partial charge in [0.1, 0.15) is 0 Å². The molecule has 0 saturated heterocycles. The number of carbonyl (C=O) groups is 2. The fourth-order valence-corrected chi connectivity index (χ4v) is 4.10. The number of hydrogen-bond donors (Lipinski definition) is 2. The van der Waals surface area contributed by atoms with Crippen LogP contribution in [0.4, 0.5) is 0 Å². The molecule has 0 fully saturated rings. The van der Waals surface area contributed by atoms with Gasteiger partial charge in [0.25, 0.3) is 5.91 Å². The maximum Gasteiger partial charge on any atom is 0.309 e. The van der Waals surface area contributed by atoms with Crippen LogP contribution in [-0.2, 0) is 6.54 Å². The highest BCUT2D eigenvalue weighted by atomic mass is 16.2. The number of nitrogens with zero attached hydrogens (tertiary/aromatic N) is 5. The van der Waals surface area contributed by atoms with Crippen molar-refractivity contribution in [2.45, 2.75) is 20.4 Å². The molecule has 5 rings (SSSR count). The number of carbonyl (C=O) groups excluding carboxylic acids is 2. The van der Waals surface area contributed by atoms with Crippen LogP contribution in [0.5, 0.6) is 0 Å². The average Bonchev–Trinajstić information content (AvgIpc) is 3.51. The average molecular weight is 492 g/mol. The quantitative estimate of drug-likeness (QED) is 0.351. The Labute approximate surface area is 213 Å². The zero-order valence-corrected chi connectivity index (χ0v) is 20.4. The highest BCUT2D eigenvalue weighted by molar-refractivity contribution is 5.98. The number of aryl methyl sites for hydroxylation is 1. The third kappa shape index (κ3) is 5.01. The van der Waals surface area contributed by atoms with E-state index < -0.39 is 11.8 Å². The number of aromatic nitrogens is 5. The van der Waals surface area contributed by atoms with E-state index in [1.54, 1.807) is 16.9 Å². The second kappa shape index (κ2) is 10.3. The van der Waals surface area contributed by atoms with E-state index in [1.807, 2.05) is 97.3 Å². The molecule has 9 nitrogen and oxygen atoms in total. The number of amides is 2. The first-order valence-corrected chi connectivity index (χ1v) is 11.8. The molecule has 184 valence electrons. The number of pyridine rings is 1. The van der Waals surface area contributed by atoms with E-state index in [0.29, 0.717) is 17.9 Å². The second-order valence-electron chi connectivity index (χ2n) is 8.47. The van der Waals surface area contributed by atoms with Gasteiger partial charge in [0, 0.05) is 23.1 Å². The van der Waals surface area contributed by atoms with Crippen molar-refractivity contribution in [3.63, 3.8) is 0 Å². The summed E-state index contributed by atoms with van der Waals surface area (Å²) in [5.41, 5.74) is 9.54. The summed E-state index contributed by atoms with van der Waals surface area (Å²) in [6.07, 6.45) is 1.74. The Morgan fingerprint density at radius 2 is 1.51 bits per heavy atom. The predicted molar refractivity (Wildman–Crippen MR) is 139 cm³/mol. The molecule has 2 aromatic carbocycles. The van der Waals surface area contributed by atoms with Crippen molar-refractivity contribution in [1.29, 1.82) is 0 Å². The molecular formula is C28H25N7O2. The van der Waals surface area contributed by atoms with Gasteiger partial charge in [0.05, 0.1) is 23.5 Å². The fourth-order valence-electron chi connectivity index (χ4n) is 4.10. The maximum absolute atomic E-state index is 12.9. The van der Waals surface area contributed by atoms with Gasteiger partial charge in [-0.3, -0.25) is 25.4 Å². The molecule has 2 amide bonds. The molecule has 2 N–H and O–H groups in total. The Balaban J connectivity index is 1.34. The first kappa shape index (κ1) is 23.7. The SMILES string of the molecule is Cc1cc(C(=O)NNC(=O)c2nc(-c3ccccc3)n(-c3ccccc3)n2)c(C)n1Cc1ccccn1. The molecular weight excluding hydrogens is 466 g/mol. The Hall–Kier alpha value is -5.05. The highest BCUT2D eigenvalue weighted by Gasteiger charge is 2.21. The maximum atomic E-state index is 12.9. The van der Waals surface area contributed by atoms with E-state index in [-0.39, 0.29) is 5.82 Å². The first-order chi connectivity index (χ1) is 18.0. The largest absolute Gasteiger partial charge is 0.342 e. The molecule has 0 aliphatic heterocycles. The van der Waals surface area contributed by atoms with Gasteiger partial charge in [-0.25, -0.2) is 9.67 Å². The summed E-state index contributed by atoms with van der Waals surface area (Å²) in [4.78, 5) is 34.7. The molecule has 0 bridgehead atoms. The Morgan fingerprint density at radius 3 is 2.22 bits per heavy atom. The van der Waals surface area contributed by atoms with Gasteiger partial charge >= 0.3 is 5.91 Å². The third-order valence-corrected chi connectivity index (χ3v) is 6.00. The summed E-state index contributed by atoms with van der Waals surface area (Å²) < 4.78 is 3.62. The molecule has 3 aromatic heterocycles. The lowest BCUT2D eigenvalue weighted by molar-refractivity contribution is 0.0840. The zero-order chi connectivity index (χ0) is 25.8. The van der Waals surface area contributed by atoms with E-state index in [2.05, 4.69) is 25.9 Å². The molecule has 0 spiro atoms. The number of hydrogen-bond acceptors (Lipinski definition) is 5. The Bertz CT molecular complexity index is 1480. The molecule has 0 radical (unpaired) electrons. The van der Waals surface area contributed by atoms with Crippen LogP contribution in [0, 0.1) is 13.8 Å². The van der Waals surface area contributed by atoms with Gasteiger partial charge in [0.15, 0.2) is 5.82 Å². The number of nitrogens with one attached hydrogen (secondary N) is 2. The Kier molecular flexibility index (Phi) is 6.58. The van der Waals surface area contributed by atoms with Crippen molar-refractivity contribution in [2.24, 2.45) is 0 Å². The summed E-state index contributed by atoms with van der Waals surface area (Å²) in [7, 11) is 0. The molecule has 0 atom stereocenters. The van der Waals surface area contributed by atoms with Gasteiger partial charge in [0.2, 0.25) is 5.82 Å². The lowest BCUT2D eigenvalue weighted by Crippen LogP contribution is -2.42. The van der Waals surface area contributed by atoms with Crippen molar-refractivity contribution in [3.05, 3.63) is 120 Å². The van der Waals surface area contributed by atoms with Crippen molar-refractivity contribution in [3.8, 4) is 17.1 Å². The monoisotopic (exact) mass is 491 g/mol. The van der Waals surface area contributed by atoms with E-state index in [9.17, 15) is 9.59 Å². The number of para-hydroxylation sites is 1. The minimum absolute atomic E-state index is 0.0661. The van der Waals surface area contributed by atoms with E-state index >= 15 is 0 Å². The van der Waals surface area contributed by atoms with Gasteiger partial charge in [-0.05, 0) is 44.2 Å². The third-order valence-electron chi connectivity index (χ3n) is 6.00.